The van der Waals surface area contributed by atoms with Crippen LogP contribution in [-0.2, 0) is 9.59 Å². The van der Waals surface area contributed by atoms with E-state index in [0.29, 0.717) is 15.6 Å². The molecule has 0 aromatic carbocycles. The van der Waals surface area contributed by atoms with Crippen LogP contribution in [0.4, 0.5) is 0 Å². The van der Waals surface area contributed by atoms with Gasteiger partial charge in [-0.1, -0.05) is 43.9 Å². The minimum atomic E-state index is -1.02. The molecule has 1 aliphatic rings. The Morgan fingerprint density at radius 3 is 2.76 bits per heavy atom. The van der Waals surface area contributed by atoms with E-state index in [-0.39, 0.29) is 11.8 Å². The SMILES string of the molecule is CC(C)C[C@H](C(=O)O)N1C(=O)/C(=C\c2cccs2)SC1=S. The van der Waals surface area contributed by atoms with Crippen LogP contribution in [0.25, 0.3) is 6.08 Å². The molecule has 0 spiro atoms. The topological polar surface area (TPSA) is 57.6 Å². The first-order valence-electron chi connectivity index (χ1n) is 6.43. The van der Waals surface area contributed by atoms with Crippen molar-refractivity contribution in [3.05, 3.63) is 27.3 Å². The summed E-state index contributed by atoms with van der Waals surface area (Å²) in [7, 11) is 0. The summed E-state index contributed by atoms with van der Waals surface area (Å²) in [5, 5.41) is 11.3. The molecule has 1 aromatic rings. The first kappa shape index (κ1) is 16.2. The molecular weight excluding hydrogens is 326 g/mol. The Balaban J connectivity index is 2.27. The molecule has 1 aromatic heterocycles. The first-order chi connectivity index (χ1) is 9.90. The lowest BCUT2D eigenvalue weighted by Gasteiger charge is -2.24. The van der Waals surface area contributed by atoms with Crippen molar-refractivity contribution in [1.82, 2.24) is 4.90 Å². The fourth-order valence-corrected chi connectivity index (χ4v) is 4.09. The van der Waals surface area contributed by atoms with E-state index in [9.17, 15) is 14.7 Å². The number of hydrogen-bond donors (Lipinski definition) is 1. The molecule has 2 rings (SSSR count). The van der Waals surface area contributed by atoms with E-state index in [0.717, 1.165) is 4.88 Å². The highest BCUT2D eigenvalue weighted by Gasteiger charge is 2.40. The number of carbonyl (C=O) groups excluding carboxylic acids is 1. The predicted octanol–water partition coefficient (Wildman–Crippen LogP) is 3.45. The minimum absolute atomic E-state index is 0.164. The molecule has 0 aliphatic carbocycles. The number of nitrogens with zero attached hydrogens (tertiary/aromatic N) is 1. The average molecular weight is 341 g/mol. The third-order valence-electron chi connectivity index (χ3n) is 2.93. The Labute approximate surface area is 136 Å². The average Bonchev–Trinajstić information content (AvgIpc) is 2.97. The number of carbonyl (C=O) groups is 2. The van der Waals surface area contributed by atoms with E-state index in [2.05, 4.69) is 0 Å². The van der Waals surface area contributed by atoms with E-state index in [1.165, 1.54) is 28.0 Å². The molecule has 112 valence electrons. The van der Waals surface area contributed by atoms with E-state index >= 15 is 0 Å². The third-order valence-corrected chi connectivity index (χ3v) is 5.08. The van der Waals surface area contributed by atoms with Crippen LogP contribution in [0.3, 0.4) is 0 Å². The Morgan fingerprint density at radius 1 is 1.52 bits per heavy atom. The number of rotatable bonds is 5. The van der Waals surface area contributed by atoms with Gasteiger partial charge in [-0.05, 0) is 29.9 Å². The number of thioether (sulfide) groups is 1. The summed E-state index contributed by atoms with van der Waals surface area (Å²) in [5.41, 5.74) is 0. The van der Waals surface area contributed by atoms with Crippen LogP contribution in [0.5, 0.6) is 0 Å². The number of thiophene rings is 1. The normalized spacial score (nSPS) is 18.8. The second-order valence-corrected chi connectivity index (χ2v) is 7.71. The molecule has 1 saturated heterocycles. The van der Waals surface area contributed by atoms with Gasteiger partial charge in [-0.2, -0.15) is 0 Å². The quantitative estimate of drug-likeness (QED) is 0.657. The molecule has 1 aliphatic heterocycles. The monoisotopic (exact) mass is 341 g/mol. The standard InChI is InChI=1S/C14H15NO3S3/c1-8(2)6-10(13(17)18)15-12(16)11(21-14(15)19)7-9-4-3-5-20-9/h3-5,7-8,10H,6H2,1-2H3,(H,17,18)/b11-7+/t10-/m1/s1. The van der Waals surface area contributed by atoms with Gasteiger partial charge in [0.25, 0.3) is 5.91 Å². The fraction of sp³-hybridized carbons (Fsp3) is 0.357. The zero-order valence-corrected chi connectivity index (χ0v) is 14.1. The minimum Gasteiger partial charge on any atom is -0.480 e. The van der Waals surface area contributed by atoms with Crippen molar-refractivity contribution in [3.8, 4) is 0 Å². The first-order valence-corrected chi connectivity index (χ1v) is 8.54. The van der Waals surface area contributed by atoms with Gasteiger partial charge in [-0.3, -0.25) is 9.69 Å². The van der Waals surface area contributed by atoms with Crippen molar-refractivity contribution in [3.63, 3.8) is 0 Å². The van der Waals surface area contributed by atoms with Crippen LogP contribution in [0.1, 0.15) is 25.1 Å². The fourth-order valence-electron chi connectivity index (χ4n) is 2.01. The maximum atomic E-state index is 12.5. The van der Waals surface area contributed by atoms with Crippen LogP contribution in [-0.4, -0.2) is 32.2 Å². The molecule has 7 heteroatoms. The summed E-state index contributed by atoms with van der Waals surface area (Å²) in [6, 6.07) is 2.91. The van der Waals surface area contributed by atoms with Gasteiger partial charge in [-0.15, -0.1) is 11.3 Å². The van der Waals surface area contributed by atoms with Crippen molar-refractivity contribution in [2.45, 2.75) is 26.3 Å². The smallest absolute Gasteiger partial charge is 0.326 e. The van der Waals surface area contributed by atoms with Gasteiger partial charge >= 0.3 is 5.97 Å². The van der Waals surface area contributed by atoms with Gasteiger partial charge < -0.3 is 5.11 Å². The highest BCUT2D eigenvalue weighted by Crippen LogP contribution is 2.35. The Hall–Kier alpha value is -1.18. The Bertz CT molecular complexity index is 593. The Morgan fingerprint density at radius 2 is 2.24 bits per heavy atom. The largest absolute Gasteiger partial charge is 0.480 e. The number of amides is 1. The van der Waals surface area contributed by atoms with Crippen molar-refractivity contribution >= 4 is 57.6 Å². The zero-order chi connectivity index (χ0) is 15.6. The second kappa shape index (κ2) is 6.72. The van der Waals surface area contributed by atoms with Crippen molar-refractivity contribution in [2.24, 2.45) is 5.92 Å². The summed E-state index contributed by atoms with van der Waals surface area (Å²) in [4.78, 5) is 26.6. The molecule has 0 radical (unpaired) electrons. The molecule has 1 atom stereocenters. The molecule has 21 heavy (non-hydrogen) atoms. The van der Waals surface area contributed by atoms with Gasteiger partial charge in [0, 0.05) is 4.88 Å². The molecule has 0 saturated carbocycles. The number of thiocarbonyl (C=S) groups is 1. The summed E-state index contributed by atoms with van der Waals surface area (Å²) in [6.07, 6.45) is 2.15. The molecule has 1 amide bonds. The lowest BCUT2D eigenvalue weighted by Crippen LogP contribution is -2.44. The molecule has 1 N–H and O–H groups in total. The zero-order valence-electron chi connectivity index (χ0n) is 11.6. The van der Waals surface area contributed by atoms with E-state index < -0.39 is 12.0 Å². The third kappa shape index (κ3) is 3.72. The number of hydrogen-bond acceptors (Lipinski definition) is 5. The molecule has 2 heterocycles. The molecule has 0 bridgehead atoms. The van der Waals surface area contributed by atoms with Gasteiger partial charge in [0.05, 0.1) is 4.91 Å². The molecule has 1 fully saturated rings. The van der Waals surface area contributed by atoms with Crippen LogP contribution in [0, 0.1) is 5.92 Å². The highest BCUT2D eigenvalue weighted by atomic mass is 32.2. The van der Waals surface area contributed by atoms with Crippen molar-refractivity contribution < 1.29 is 14.7 Å². The predicted molar refractivity (Wildman–Crippen MR) is 90.2 cm³/mol. The van der Waals surface area contributed by atoms with Crippen LogP contribution >= 0.6 is 35.3 Å². The summed E-state index contributed by atoms with van der Waals surface area (Å²) < 4.78 is 0.316. The van der Waals surface area contributed by atoms with E-state index in [4.69, 9.17) is 12.2 Å². The lowest BCUT2D eigenvalue weighted by atomic mass is 10.0. The summed E-state index contributed by atoms with van der Waals surface area (Å²) in [5.74, 6) is -1.17. The van der Waals surface area contributed by atoms with Crippen LogP contribution in [0.15, 0.2) is 22.4 Å². The van der Waals surface area contributed by atoms with E-state index in [1.807, 2.05) is 31.4 Å². The summed E-state index contributed by atoms with van der Waals surface area (Å²) >= 11 is 7.89. The molecule has 4 nitrogen and oxygen atoms in total. The summed E-state index contributed by atoms with van der Waals surface area (Å²) in [6.45, 7) is 3.85. The van der Waals surface area contributed by atoms with E-state index in [1.54, 1.807) is 6.08 Å². The number of aliphatic carboxylic acids is 1. The van der Waals surface area contributed by atoms with Crippen LogP contribution < -0.4 is 0 Å². The van der Waals surface area contributed by atoms with Gasteiger partial charge in [0.1, 0.15) is 10.4 Å². The van der Waals surface area contributed by atoms with Crippen molar-refractivity contribution in [2.75, 3.05) is 0 Å². The molecular formula is C14H15NO3S3. The second-order valence-electron chi connectivity index (χ2n) is 5.05. The maximum absolute atomic E-state index is 12.5. The van der Waals surface area contributed by atoms with Gasteiger partial charge in [-0.25, -0.2) is 4.79 Å². The van der Waals surface area contributed by atoms with Gasteiger partial charge in [0.2, 0.25) is 0 Å². The van der Waals surface area contributed by atoms with Crippen LogP contribution in [0.2, 0.25) is 0 Å². The highest BCUT2D eigenvalue weighted by molar-refractivity contribution is 8.26. The maximum Gasteiger partial charge on any atom is 0.326 e. The lowest BCUT2D eigenvalue weighted by molar-refractivity contribution is -0.145. The molecule has 0 unspecified atom stereocenters. The van der Waals surface area contributed by atoms with Crippen molar-refractivity contribution in [1.29, 1.82) is 0 Å². The number of carboxylic acid groups (broad SMARTS) is 1. The Kier molecular flexibility index (Phi) is 5.18. The number of carboxylic acids is 1. The van der Waals surface area contributed by atoms with Gasteiger partial charge in [0.15, 0.2) is 0 Å².